The van der Waals surface area contributed by atoms with E-state index in [1.54, 1.807) is 0 Å². The summed E-state index contributed by atoms with van der Waals surface area (Å²) in [4.78, 5) is 24.3. The number of likely N-dealkylation sites (tertiary alicyclic amines) is 1. The fourth-order valence-electron chi connectivity index (χ4n) is 2.35. The molecule has 0 spiro atoms. The number of nitrogens with zero attached hydrogens (tertiary/aromatic N) is 2. The molecule has 114 valence electrons. The lowest BCUT2D eigenvalue weighted by Gasteiger charge is -2.33. The van der Waals surface area contributed by atoms with Crippen molar-refractivity contribution in [1.29, 1.82) is 0 Å². The molecule has 7 nitrogen and oxygen atoms in total. The topological polar surface area (TPSA) is 95.7 Å². The van der Waals surface area contributed by atoms with Gasteiger partial charge >= 0.3 is 0 Å². The summed E-state index contributed by atoms with van der Waals surface area (Å²) in [6, 6.07) is 5.45. The zero-order chi connectivity index (χ0) is 15.4. The predicted molar refractivity (Wildman–Crippen MR) is 78.0 cm³/mol. The third kappa shape index (κ3) is 3.99. The zero-order valence-corrected chi connectivity index (χ0v) is 11.9. The Hall–Kier alpha value is -1.99. The van der Waals surface area contributed by atoms with E-state index in [4.69, 9.17) is 0 Å². The third-order valence-corrected chi connectivity index (χ3v) is 3.77. The number of nitro groups is 1. The van der Waals surface area contributed by atoms with Gasteiger partial charge in [-0.3, -0.25) is 19.8 Å². The van der Waals surface area contributed by atoms with Gasteiger partial charge in [0.15, 0.2) is 0 Å². The van der Waals surface area contributed by atoms with Crippen LogP contribution in [0.1, 0.15) is 19.8 Å². The van der Waals surface area contributed by atoms with Crippen molar-refractivity contribution in [2.45, 2.75) is 31.9 Å². The number of amides is 1. The van der Waals surface area contributed by atoms with Crippen LogP contribution < -0.4 is 5.32 Å². The number of carbonyl (C=O) groups is 1. The second-order valence-corrected chi connectivity index (χ2v) is 5.24. The molecule has 1 aromatic carbocycles. The first-order chi connectivity index (χ1) is 9.97. The van der Waals surface area contributed by atoms with E-state index < -0.39 is 4.92 Å². The molecule has 2 N–H and O–H groups in total. The first kappa shape index (κ1) is 15.4. The van der Waals surface area contributed by atoms with Gasteiger partial charge in [-0.2, -0.15) is 0 Å². The molecule has 0 aliphatic carbocycles. The average Bonchev–Trinajstić information content (AvgIpc) is 2.47. The zero-order valence-electron chi connectivity index (χ0n) is 11.9. The summed E-state index contributed by atoms with van der Waals surface area (Å²) in [6.45, 7) is 3.20. The number of aliphatic hydroxyl groups is 1. The lowest BCUT2D eigenvalue weighted by Crippen LogP contribution is -2.47. The summed E-state index contributed by atoms with van der Waals surface area (Å²) in [6.07, 6.45) is 1.08. The number of non-ortho nitro benzene ring substituents is 1. The maximum absolute atomic E-state index is 12.2. The van der Waals surface area contributed by atoms with Crippen molar-refractivity contribution in [3.63, 3.8) is 0 Å². The van der Waals surface area contributed by atoms with E-state index in [9.17, 15) is 20.0 Å². The highest BCUT2D eigenvalue weighted by Crippen LogP contribution is 2.17. The number of nitrogens with one attached hydrogen (secondary N) is 1. The molecule has 0 saturated carbocycles. The number of aliphatic hydroxyl groups excluding tert-OH is 1. The number of carbonyl (C=O) groups excluding carboxylic acids is 1. The standard InChI is InChI=1S/C14H19N3O4/c1-10(16-8-6-13(18)7-9-16)14(19)15-11-2-4-12(5-3-11)17(20)21/h2-5,10,13,18H,6-9H2,1H3,(H,15,19). The van der Waals surface area contributed by atoms with E-state index in [0.717, 1.165) is 0 Å². The quantitative estimate of drug-likeness (QED) is 0.646. The molecule has 0 radical (unpaired) electrons. The van der Waals surface area contributed by atoms with Crippen molar-refractivity contribution in [3.8, 4) is 0 Å². The van der Waals surface area contributed by atoms with Crippen LogP contribution in [-0.2, 0) is 4.79 Å². The molecule has 1 heterocycles. The molecule has 1 saturated heterocycles. The molecule has 1 aliphatic heterocycles. The maximum atomic E-state index is 12.2. The number of hydrogen-bond donors (Lipinski definition) is 2. The third-order valence-electron chi connectivity index (χ3n) is 3.77. The van der Waals surface area contributed by atoms with Gasteiger partial charge in [0.05, 0.1) is 17.1 Å². The molecule has 1 aromatic rings. The highest BCUT2D eigenvalue weighted by Gasteiger charge is 2.25. The molecule has 1 atom stereocenters. The van der Waals surface area contributed by atoms with Gasteiger partial charge in [-0.05, 0) is 31.9 Å². The first-order valence-electron chi connectivity index (χ1n) is 6.95. The fourth-order valence-corrected chi connectivity index (χ4v) is 2.35. The second-order valence-electron chi connectivity index (χ2n) is 5.24. The van der Waals surface area contributed by atoms with Gasteiger partial charge in [0, 0.05) is 30.9 Å². The highest BCUT2D eigenvalue weighted by atomic mass is 16.6. The van der Waals surface area contributed by atoms with Crippen LogP contribution in [0.25, 0.3) is 0 Å². The monoisotopic (exact) mass is 293 g/mol. The largest absolute Gasteiger partial charge is 0.393 e. The summed E-state index contributed by atoms with van der Waals surface area (Å²) < 4.78 is 0. The van der Waals surface area contributed by atoms with E-state index in [1.165, 1.54) is 24.3 Å². The SMILES string of the molecule is CC(C(=O)Nc1ccc([N+](=O)[O-])cc1)N1CCC(O)CC1. The maximum Gasteiger partial charge on any atom is 0.269 e. The molecule has 1 amide bonds. The summed E-state index contributed by atoms with van der Waals surface area (Å²) in [5.41, 5.74) is 0.528. The summed E-state index contributed by atoms with van der Waals surface area (Å²) in [5, 5.41) is 22.8. The van der Waals surface area contributed by atoms with Gasteiger partial charge in [0.2, 0.25) is 5.91 Å². The van der Waals surface area contributed by atoms with E-state index in [0.29, 0.717) is 31.6 Å². The first-order valence-corrected chi connectivity index (χ1v) is 6.95. The van der Waals surface area contributed by atoms with Gasteiger partial charge in [-0.1, -0.05) is 0 Å². The van der Waals surface area contributed by atoms with Crippen molar-refractivity contribution in [2.24, 2.45) is 0 Å². The molecular formula is C14H19N3O4. The van der Waals surface area contributed by atoms with Crippen LogP contribution in [0.15, 0.2) is 24.3 Å². The van der Waals surface area contributed by atoms with Crippen LogP contribution >= 0.6 is 0 Å². The highest BCUT2D eigenvalue weighted by molar-refractivity contribution is 5.94. The number of nitro benzene ring substituents is 1. The minimum atomic E-state index is -0.479. The van der Waals surface area contributed by atoms with Gasteiger partial charge in [-0.25, -0.2) is 0 Å². The Bertz CT molecular complexity index is 509. The lowest BCUT2D eigenvalue weighted by atomic mass is 10.1. The lowest BCUT2D eigenvalue weighted by molar-refractivity contribution is -0.384. The van der Waals surface area contributed by atoms with Gasteiger partial charge in [0.25, 0.3) is 5.69 Å². The Kier molecular flexibility index (Phi) is 4.87. The Morgan fingerprint density at radius 3 is 2.48 bits per heavy atom. The number of hydrogen-bond acceptors (Lipinski definition) is 5. The van der Waals surface area contributed by atoms with Crippen LogP contribution in [0.2, 0.25) is 0 Å². The molecular weight excluding hydrogens is 274 g/mol. The van der Waals surface area contributed by atoms with Crippen molar-refractivity contribution >= 4 is 17.3 Å². The summed E-state index contributed by atoms with van der Waals surface area (Å²) >= 11 is 0. The molecule has 21 heavy (non-hydrogen) atoms. The molecule has 1 aliphatic rings. The van der Waals surface area contributed by atoms with Crippen molar-refractivity contribution in [3.05, 3.63) is 34.4 Å². The van der Waals surface area contributed by atoms with Gasteiger partial charge < -0.3 is 10.4 Å². The van der Waals surface area contributed by atoms with Crippen LogP contribution in [-0.4, -0.2) is 46.1 Å². The van der Waals surface area contributed by atoms with E-state index in [1.807, 2.05) is 11.8 Å². The molecule has 0 aromatic heterocycles. The normalized spacial score (nSPS) is 18.2. The number of piperidine rings is 1. The Labute approximate surface area is 122 Å². The Morgan fingerprint density at radius 1 is 1.38 bits per heavy atom. The number of benzene rings is 1. The smallest absolute Gasteiger partial charge is 0.269 e. The summed E-state index contributed by atoms with van der Waals surface area (Å²) in [7, 11) is 0. The van der Waals surface area contributed by atoms with Crippen molar-refractivity contribution < 1.29 is 14.8 Å². The van der Waals surface area contributed by atoms with E-state index >= 15 is 0 Å². The molecule has 0 bridgehead atoms. The van der Waals surface area contributed by atoms with Crippen LogP contribution in [0.4, 0.5) is 11.4 Å². The number of rotatable bonds is 4. The molecule has 1 unspecified atom stereocenters. The molecule has 2 rings (SSSR count). The van der Waals surface area contributed by atoms with Crippen LogP contribution in [0, 0.1) is 10.1 Å². The van der Waals surface area contributed by atoms with Gasteiger partial charge in [-0.15, -0.1) is 0 Å². The second kappa shape index (κ2) is 6.64. The number of anilines is 1. The molecule has 7 heteroatoms. The van der Waals surface area contributed by atoms with Crippen LogP contribution in [0.3, 0.4) is 0 Å². The Morgan fingerprint density at radius 2 is 1.95 bits per heavy atom. The minimum Gasteiger partial charge on any atom is -0.393 e. The minimum absolute atomic E-state index is 0.00827. The van der Waals surface area contributed by atoms with Gasteiger partial charge in [0.1, 0.15) is 0 Å². The average molecular weight is 293 g/mol. The van der Waals surface area contributed by atoms with Crippen molar-refractivity contribution in [1.82, 2.24) is 4.90 Å². The fraction of sp³-hybridized carbons (Fsp3) is 0.500. The van der Waals surface area contributed by atoms with Crippen LogP contribution in [0.5, 0.6) is 0 Å². The Balaban J connectivity index is 1.92. The van der Waals surface area contributed by atoms with Crippen molar-refractivity contribution in [2.75, 3.05) is 18.4 Å². The van der Waals surface area contributed by atoms with E-state index in [2.05, 4.69) is 5.32 Å². The summed E-state index contributed by atoms with van der Waals surface area (Å²) in [5.74, 6) is -0.153. The predicted octanol–water partition coefficient (Wildman–Crippen LogP) is 1.38. The molecule has 1 fully saturated rings. The van der Waals surface area contributed by atoms with E-state index in [-0.39, 0.29) is 23.7 Å².